The fourth-order valence-corrected chi connectivity index (χ4v) is 2.93. The van der Waals surface area contributed by atoms with Crippen molar-refractivity contribution in [3.05, 3.63) is 55.9 Å². The number of aliphatic hydroxyl groups is 1. The van der Waals surface area contributed by atoms with E-state index in [1.54, 1.807) is 24.3 Å². The number of aliphatic hydroxyl groups excluding tert-OH is 1. The minimum absolute atomic E-state index is 0.00866. The van der Waals surface area contributed by atoms with Gasteiger partial charge in [0.25, 0.3) is 5.56 Å². The number of benzene rings is 1. The van der Waals surface area contributed by atoms with Gasteiger partial charge >= 0.3 is 0 Å². The third-order valence-corrected chi connectivity index (χ3v) is 4.28. The molecule has 1 N–H and O–H groups in total. The van der Waals surface area contributed by atoms with Gasteiger partial charge in [-0.2, -0.15) is 5.10 Å². The van der Waals surface area contributed by atoms with Gasteiger partial charge in [-0.05, 0) is 37.0 Å². The highest BCUT2D eigenvalue weighted by Crippen LogP contribution is 2.27. The number of rotatable bonds is 5. The Labute approximate surface area is 143 Å². The first kappa shape index (κ1) is 16.3. The molecule has 7 heteroatoms. The van der Waals surface area contributed by atoms with Crippen LogP contribution in [0, 0.1) is 0 Å². The summed E-state index contributed by atoms with van der Waals surface area (Å²) in [6.07, 6.45) is 1.91. The van der Waals surface area contributed by atoms with Crippen molar-refractivity contribution >= 4 is 23.2 Å². The summed E-state index contributed by atoms with van der Waals surface area (Å²) in [6, 6.07) is 6.46. The molecule has 5 nitrogen and oxygen atoms in total. The predicted octanol–water partition coefficient (Wildman–Crippen LogP) is 2.48. The molecule has 0 spiro atoms. The fourth-order valence-electron chi connectivity index (χ4n) is 2.60. The minimum Gasteiger partial charge on any atom is -0.489 e. The second-order valence-corrected chi connectivity index (χ2v) is 6.37. The van der Waals surface area contributed by atoms with E-state index in [9.17, 15) is 9.90 Å². The van der Waals surface area contributed by atoms with Crippen LogP contribution in [0.3, 0.4) is 0 Å². The molecule has 0 saturated heterocycles. The summed E-state index contributed by atoms with van der Waals surface area (Å²) in [5, 5.41) is 15.3. The van der Waals surface area contributed by atoms with Crippen molar-refractivity contribution in [2.45, 2.75) is 31.9 Å². The molecule has 1 aliphatic carbocycles. The van der Waals surface area contributed by atoms with Crippen LogP contribution in [0.15, 0.2) is 29.1 Å². The Bertz CT molecular complexity index is 776. The van der Waals surface area contributed by atoms with Crippen LogP contribution in [0.4, 0.5) is 0 Å². The lowest BCUT2D eigenvalue weighted by Gasteiger charge is -2.14. The van der Waals surface area contributed by atoms with Crippen LogP contribution in [0.1, 0.15) is 17.7 Å². The number of aryl methyl sites for hydroxylation is 2. The van der Waals surface area contributed by atoms with Gasteiger partial charge in [0.05, 0.1) is 17.3 Å². The summed E-state index contributed by atoms with van der Waals surface area (Å²) in [6.45, 7) is 0.0650. The highest BCUT2D eigenvalue weighted by Gasteiger charge is 2.16. The van der Waals surface area contributed by atoms with Crippen LogP contribution >= 0.6 is 23.2 Å². The lowest BCUT2D eigenvalue weighted by atomic mass is 10.2. The normalized spacial score (nSPS) is 14.6. The maximum atomic E-state index is 12.0. The molecule has 0 radical (unpaired) electrons. The number of ether oxygens (including phenoxy) is 1. The lowest BCUT2D eigenvalue weighted by molar-refractivity contribution is 0.0878. The molecule has 1 atom stereocenters. The quantitative estimate of drug-likeness (QED) is 0.895. The van der Waals surface area contributed by atoms with E-state index < -0.39 is 6.10 Å². The maximum absolute atomic E-state index is 12.0. The monoisotopic (exact) mass is 354 g/mol. The van der Waals surface area contributed by atoms with Crippen molar-refractivity contribution in [3.8, 4) is 5.75 Å². The first-order chi connectivity index (χ1) is 11.0. The molecule has 1 heterocycles. The Hall–Kier alpha value is -1.56. The van der Waals surface area contributed by atoms with Gasteiger partial charge in [0.15, 0.2) is 0 Å². The molecule has 0 saturated carbocycles. The SMILES string of the molecule is O=c1cc2c(nn1CC(O)COc1cc(Cl)ccc1Cl)CCC2. The summed E-state index contributed by atoms with van der Waals surface area (Å²) in [4.78, 5) is 12.0. The van der Waals surface area contributed by atoms with Crippen LogP contribution in [-0.2, 0) is 19.4 Å². The summed E-state index contributed by atoms with van der Waals surface area (Å²) < 4.78 is 6.76. The molecular weight excluding hydrogens is 339 g/mol. The van der Waals surface area contributed by atoms with Crippen molar-refractivity contribution in [1.82, 2.24) is 9.78 Å². The number of hydrogen-bond donors (Lipinski definition) is 1. The third-order valence-electron chi connectivity index (χ3n) is 3.73. The van der Waals surface area contributed by atoms with Crippen molar-refractivity contribution in [3.63, 3.8) is 0 Å². The number of fused-ring (bicyclic) bond motifs is 1. The van der Waals surface area contributed by atoms with Crippen LogP contribution in [0.2, 0.25) is 10.0 Å². The highest BCUT2D eigenvalue weighted by molar-refractivity contribution is 6.34. The zero-order valence-corrected chi connectivity index (χ0v) is 13.8. The van der Waals surface area contributed by atoms with E-state index in [4.69, 9.17) is 27.9 Å². The molecule has 1 unspecified atom stereocenters. The zero-order valence-electron chi connectivity index (χ0n) is 12.3. The van der Waals surface area contributed by atoms with Gasteiger partial charge in [0.2, 0.25) is 0 Å². The molecule has 0 aliphatic heterocycles. The van der Waals surface area contributed by atoms with Gasteiger partial charge in [-0.1, -0.05) is 23.2 Å². The number of halogens is 2. The van der Waals surface area contributed by atoms with Crippen LogP contribution in [0.5, 0.6) is 5.75 Å². The fraction of sp³-hybridized carbons (Fsp3) is 0.375. The molecule has 1 aromatic heterocycles. The Kier molecular flexibility index (Phi) is 4.90. The molecule has 0 amide bonds. The van der Waals surface area contributed by atoms with E-state index in [-0.39, 0.29) is 18.7 Å². The summed E-state index contributed by atoms with van der Waals surface area (Å²) >= 11 is 11.9. The van der Waals surface area contributed by atoms with E-state index in [1.165, 1.54) is 4.68 Å². The second-order valence-electron chi connectivity index (χ2n) is 5.53. The van der Waals surface area contributed by atoms with Crippen LogP contribution < -0.4 is 10.3 Å². The second kappa shape index (κ2) is 6.91. The first-order valence-electron chi connectivity index (χ1n) is 7.39. The van der Waals surface area contributed by atoms with Crippen molar-refractivity contribution in [1.29, 1.82) is 0 Å². The largest absolute Gasteiger partial charge is 0.489 e. The average Bonchev–Trinajstić information content (AvgIpc) is 2.95. The van der Waals surface area contributed by atoms with Crippen LogP contribution in [0.25, 0.3) is 0 Å². The van der Waals surface area contributed by atoms with Crippen molar-refractivity contribution in [2.24, 2.45) is 0 Å². The number of hydrogen-bond acceptors (Lipinski definition) is 4. The van der Waals surface area contributed by atoms with Crippen molar-refractivity contribution < 1.29 is 9.84 Å². The van der Waals surface area contributed by atoms with E-state index in [0.717, 1.165) is 30.5 Å². The van der Waals surface area contributed by atoms with Crippen molar-refractivity contribution in [2.75, 3.05) is 6.61 Å². The molecule has 1 aromatic carbocycles. The average molecular weight is 355 g/mol. The zero-order chi connectivity index (χ0) is 16.4. The van der Waals surface area contributed by atoms with E-state index >= 15 is 0 Å². The molecule has 122 valence electrons. The smallest absolute Gasteiger partial charge is 0.267 e. The Morgan fingerprint density at radius 1 is 1.30 bits per heavy atom. The number of aromatic nitrogens is 2. The van der Waals surface area contributed by atoms with E-state index in [0.29, 0.717) is 15.8 Å². The summed E-state index contributed by atoms with van der Waals surface area (Å²) in [7, 11) is 0. The van der Waals surface area contributed by atoms with Gasteiger partial charge < -0.3 is 9.84 Å². The van der Waals surface area contributed by atoms with Gasteiger partial charge in [0.1, 0.15) is 18.5 Å². The lowest BCUT2D eigenvalue weighted by Crippen LogP contribution is -2.32. The van der Waals surface area contributed by atoms with Gasteiger partial charge in [0, 0.05) is 17.2 Å². The molecule has 3 rings (SSSR count). The Balaban J connectivity index is 1.65. The molecule has 0 bridgehead atoms. The maximum Gasteiger partial charge on any atom is 0.267 e. The Morgan fingerprint density at radius 3 is 2.96 bits per heavy atom. The predicted molar refractivity (Wildman–Crippen MR) is 88.5 cm³/mol. The standard InChI is InChI=1S/C16H16Cl2N2O3/c17-11-4-5-13(18)15(7-11)23-9-12(21)8-20-16(22)6-10-2-1-3-14(10)19-20/h4-7,12,21H,1-3,8-9H2. The highest BCUT2D eigenvalue weighted by atomic mass is 35.5. The summed E-state index contributed by atoms with van der Waals surface area (Å²) in [5.74, 6) is 0.396. The van der Waals surface area contributed by atoms with Gasteiger partial charge in [-0.3, -0.25) is 4.79 Å². The Morgan fingerprint density at radius 2 is 2.13 bits per heavy atom. The van der Waals surface area contributed by atoms with Gasteiger partial charge in [-0.25, -0.2) is 4.68 Å². The molecule has 23 heavy (non-hydrogen) atoms. The molecule has 2 aromatic rings. The molecular formula is C16H16Cl2N2O3. The van der Waals surface area contributed by atoms with E-state index in [1.807, 2.05) is 0 Å². The number of nitrogens with zero attached hydrogens (tertiary/aromatic N) is 2. The topological polar surface area (TPSA) is 64.4 Å². The van der Waals surface area contributed by atoms with E-state index in [2.05, 4.69) is 5.10 Å². The molecule has 0 fully saturated rings. The van der Waals surface area contributed by atoms with Crippen LogP contribution in [-0.4, -0.2) is 27.6 Å². The summed E-state index contributed by atoms with van der Waals surface area (Å²) in [5.41, 5.74) is 1.75. The van der Waals surface area contributed by atoms with Gasteiger partial charge in [-0.15, -0.1) is 0 Å². The molecule has 1 aliphatic rings. The first-order valence-corrected chi connectivity index (χ1v) is 8.14. The minimum atomic E-state index is -0.880. The third kappa shape index (κ3) is 3.86.